The summed E-state index contributed by atoms with van der Waals surface area (Å²) in [7, 11) is 0. The Kier molecular flexibility index (Phi) is 6.79. The Morgan fingerprint density at radius 3 is 2.32 bits per heavy atom. The van der Waals surface area contributed by atoms with Crippen LogP contribution in [-0.4, -0.2) is 42.9 Å². The van der Waals surface area contributed by atoms with Gasteiger partial charge in [0.25, 0.3) is 0 Å². The molecule has 1 N–H and O–H groups in total. The average molecular weight is 469 g/mol. The first-order valence-corrected chi connectivity index (χ1v) is 11.1. The lowest BCUT2D eigenvalue weighted by Crippen LogP contribution is -2.49. The summed E-state index contributed by atoms with van der Waals surface area (Å²) >= 11 is 0. The van der Waals surface area contributed by atoms with E-state index in [2.05, 4.69) is 5.32 Å². The molecule has 6 nitrogen and oxygen atoms in total. The van der Waals surface area contributed by atoms with Gasteiger partial charge < -0.3 is 19.5 Å². The van der Waals surface area contributed by atoms with Crippen molar-refractivity contribution < 1.29 is 32.6 Å². The number of halogens is 2. The third-order valence-electron chi connectivity index (χ3n) is 5.76. The number of esters is 2. The van der Waals surface area contributed by atoms with Crippen LogP contribution in [0.3, 0.4) is 0 Å². The molecule has 2 aliphatic rings. The third kappa shape index (κ3) is 4.46. The van der Waals surface area contributed by atoms with Crippen LogP contribution in [0.4, 0.5) is 14.5 Å². The van der Waals surface area contributed by atoms with Gasteiger partial charge >= 0.3 is 11.9 Å². The summed E-state index contributed by atoms with van der Waals surface area (Å²) in [6.07, 6.45) is 2.89. The minimum Gasteiger partial charge on any atom is -0.463 e. The lowest BCUT2D eigenvalue weighted by Gasteiger charge is -2.36. The monoisotopic (exact) mass is 469 g/mol. The minimum atomic E-state index is -1.42. The number of carbonyl (C=O) groups is 2. The first kappa shape index (κ1) is 23.6. The molecule has 0 fully saturated rings. The molecule has 3 atom stereocenters. The largest absolute Gasteiger partial charge is 0.463 e. The summed E-state index contributed by atoms with van der Waals surface area (Å²) in [6.45, 7) is 3.54. The van der Waals surface area contributed by atoms with Crippen molar-refractivity contribution >= 4 is 17.6 Å². The van der Waals surface area contributed by atoms with E-state index >= 15 is 0 Å². The molecule has 4 rings (SSSR count). The van der Waals surface area contributed by atoms with E-state index in [9.17, 15) is 18.4 Å². The molecule has 0 saturated carbocycles. The smallest absolute Gasteiger partial charge is 0.338 e. The summed E-state index contributed by atoms with van der Waals surface area (Å²) in [5, 5.41) is 3.14. The standard InChI is InChI=1S/C26H25F2NO5/c1-3-32-24(30)22-20-10-11-26(34-20,23(22)25(31)33-4-2)21(12-16-8-6-5-7-9-16)29-19-14-17(27)13-18(28)15-19/h5-11,13-15,20-21,29H,3-4,12H2,1-2H3. The van der Waals surface area contributed by atoms with Crippen molar-refractivity contribution in [1.82, 2.24) is 0 Å². The van der Waals surface area contributed by atoms with Crippen LogP contribution in [0.5, 0.6) is 0 Å². The van der Waals surface area contributed by atoms with E-state index in [1.54, 1.807) is 26.0 Å². The Morgan fingerprint density at radius 1 is 1.03 bits per heavy atom. The molecule has 8 heteroatoms. The van der Waals surface area contributed by atoms with Crippen LogP contribution in [0.15, 0.2) is 71.8 Å². The molecular formula is C26H25F2NO5. The fourth-order valence-corrected chi connectivity index (χ4v) is 4.44. The van der Waals surface area contributed by atoms with Crippen LogP contribution in [0.1, 0.15) is 19.4 Å². The molecule has 0 radical (unpaired) electrons. The van der Waals surface area contributed by atoms with Gasteiger partial charge in [-0.05, 0) is 44.0 Å². The Bertz CT molecular complexity index is 1130. The van der Waals surface area contributed by atoms with Crippen molar-refractivity contribution in [3.63, 3.8) is 0 Å². The van der Waals surface area contributed by atoms with Crippen LogP contribution in [0.25, 0.3) is 0 Å². The molecule has 2 heterocycles. The molecule has 0 spiro atoms. The number of hydrogen-bond donors (Lipinski definition) is 1. The van der Waals surface area contributed by atoms with Crippen molar-refractivity contribution in [3.05, 3.63) is 89.0 Å². The minimum absolute atomic E-state index is 0.0330. The summed E-state index contributed by atoms with van der Waals surface area (Å²) in [5.41, 5.74) is -0.253. The van der Waals surface area contributed by atoms with E-state index in [-0.39, 0.29) is 30.0 Å². The van der Waals surface area contributed by atoms with Crippen LogP contribution in [0.2, 0.25) is 0 Å². The summed E-state index contributed by atoms with van der Waals surface area (Å²) in [5.74, 6) is -2.88. The van der Waals surface area contributed by atoms with Gasteiger partial charge in [-0.3, -0.25) is 0 Å². The maximum absolute atomic E-state index is 14.0. The summed E-state index contributed by atoms with van der Waals surface area (Å²) in [6, 6.07) is 11.7. The number of nitrogens with one attached hydrogen (secondary N) is 1. The van der Waals surface area contributed by atoms with Crippen LogP contribution >= 0.6 is 0 Å². The Hall–Kier alpha value is -3.52. The first-order chi connectivity index (χ1) is 16.4. The topological polar surface area (TPSA) is 73.9 Å². The van der Waals surface area contributed by atoms with E-state index in [0.717, 1.165) is 23.8 Å². The summed E-state index contributed by atoms with van der Waals surface area (Å²) < 4.78 is 44.6. The van der Waals surface area contributed by atoms with Gasteiger partial charge in [-0.25, -0.2) is 18.4 Å². The Balaban J connectivity index is 1.82. The van der Waals surface area contributed by atoms with Gasteiger partial charge in [0, 0.05) is 11.8 Å². The van der Waals surface area contributed by atoms with Gasteiger partial charge in [-0.1, -0.05) is 36.4 Å². The van der Waals surface area contributed by atoms with Crippen LogP contribution in [0, 0.1) is 11.6 Å². The highest BCUT2D eigenvalue weighted by Gasteiger charge is 2.58. The highest BCUT2D eigenvalue weighted by atomic mass is 19.1. The number of ether oxygens (including phenoxy) is 3. The summed E-state index contributed by atoms with van der Waals surface area (Å²) in [4.78, 5) is 25.9. The maximum Gasteiger partial charge on any atom is 0.338 e. The first-order valence-electron chi connectivity index (χ1n) is 11.1. The van der Waals surface area contributed by atoms with Gasteiger partial charge in [0.05, 0.1) is 30.4 Å². The van der Waals surface area contributed by atoms with E-state index in [1.807, 2.05) is 30.3 Å². The zero-order valence-corrected chi connectivity index (χ0v) is 18.8. The second kappa shape index (κ2) is 9.77. The predicted octanol–water partition coefficient (Wildman–Crippen LogP) is 4.12. The molecule has 34 heavy (non-hydrogen) atoms. The van der Waals surface area contributed by atoms with Gasteiger partial charge in [-0.15, -0.1) is 0 Å². The number of fused-ring (bicyclic) bond motifs is 2. The third-order valence-corrected chi connectivity index (χ3v) is 5.76. The number of rotatable bonds is 9. The highest BCUT2D eigenvalue weighted by Crippen LogP contribution is 2.47. The second-order valence-electron chi connectivity index (χ2n) is 7.97. The molecular weight excluding hydrogens is 444 g/mol. The van der Waals surface area contributed by atoms with Gasteiger partial charge in [-0.2, -0.15) is 0 Å². The van der Waals surface area contributed by atoms with Crippen molar-refractivity contribution in [2.24, 2.45) is 0 Å². The second-order valence-corrected chi connectivity index (χ2v) is 7.97. The number of carbonyl (C=O) groups excluding carboxylic acids is 2. The normalized spacial score (nSPS) is 21.5. The molecule has 178 valence electrons. The van der Waals surface area contributed by atoms with E-state index in [0.29, 0.717) is 6.42 Å². The van der Waals surface area contributed by atoms with E-state index in [4.69, 9.17) is 14.2 Å². The molecule has 0 amide bonds. The van der Waals surface area contributed by atoms with Crippen molar-refractivity contribution in [3.8, 4) is 0 Å². The van der Waals surface area contributed by atoms with E-state index < -0.39 is 41.3 Å². The fraction of sp³-hybridized carbons (Fsp3) is 0.308. The predicted molar refractivity (Wildman–Crippen MR) is 121 cm³/mol. The SMILES string of the molecule is CCOC(=O)C1=C(C(=O)OCC)C2(C(Cc3ccccc3)Nc3cc(F)cc(F)c3)C=CC1O2. The quantitative estimate of drug-likeness (QED) is 0.440. The van der Waals surface area contributed by atoms with Crippen molar-refractivity contribution in [2.75, 3.05) is 18.5 Å². The average Bonchev–Trinajstić information content (AvgIpc) is 3.37. The number of benzene rings is 2. The van der Waals surface area contributed by atoms with Crippen molar-refractivity contribution in [2.45, 2.75) is 38.0 Å². The molecule has 0 aromatic heterocycles. The lowest BCUT2D eigenvalue weighted by atomic mass is 9.79. The molecule has 2 aliphatic heterocycles. The number of anilines is 1. The Labute approximate surface area is 196 Å². The van der Waals surface area contributed by atoms with E-state index in [1.165, 1.54) is 0 Å². The van der Waals surface area contributed by atoms with Crippen molar-refractivity contribution in [1.29, 1.82) is 0 Å². The zero-order chi connectivity index (χ0) is 24.3. The molecule has 2 aromatic rings. The van der Waals surface area contributed by atoms with Gasteiger partial charge in [0.1, 0.15) is 23.3 Å². The molecule has 2 aromatic carbocycles. The van der Waals surface area contributed by atoms with Crippen LogP contribution in [-0.2, 0) is 30.2 Å². The van der Waals surface area contributed by atoms with Gasteiger partial charge in [0.15, 0.2) is 0 Å². The van der Waals surface area contributed by atoms with Crippen LogP contribution < -0.4 is 5.32 Å². The maximum atomic E-state index is 14.0. The Morgan fingerprint density at radius 2 is 1.68 bits per heavy atom. The zero-order valence-electron chi connectivity index (χ0n) is 18.8. The highest BCUT2D eigenvalue weighted by molar-refractivity contribution is 6.05. The molecule has 0 aliphatic carbocycles. The fourth-order valence-electron chi connectivity index (χ4n) is 4.44. The molecule has 0 saturated heterocycles. The van der Waals surface area contributed by atoms with Gasteiger partial charge in [0.2, 0.25) is 0 Å². The molecule has 2 bridgehead atoms. The number of hydrogen-bond acceptors (Lipinski definition) is 6. The lowest BCUT2D eigenvalue weighted by molar-refractivity contribution is -0.142. The molecule has 3 unspecified atom stereocenters.